The summed E-state index contributed by atoms with van der Waals surface area (Å²) in [4.78, 5) is 10.7. The van der Waals surface area contributed by atoms with Crippen molar-refractivity contribution in [3.63, 3.8) is 0 Å². The van der Waals surface area contributed by atoms with Gasteiger partial charge in [0.25, 0.3) is 0 Å². The van der Waals surface area contributed by atoms with Gasteiger partial charge in [-0.15, -0.1) is 11.6 Å². The number of halogens is 1. The highest BCUT2D eigenvalue weighted by Gasteiger charge is 2.01. The zero-order valence-electron chi connectivity index (χ0n) is 6.02. The molecule has 0 unspecified atom stereocenters. The maximum Gasteiger partial charge on any atom is 0.240 e. The Morgan fingerprint density at radius 1 is 1.91 bits per heavy atom. The average molecular weight is 174 g/mol. The minimum absolute atomic E-state index is 0.0497. The van der Waals surface area contributed by atoms with Gasteiger partial charge in [-0.1, -0.05) is 0 Å². The molecule has 4 nitrogen and oxygen atoms in total. The third-order valence-electron chi connectivity index (χ3n) is 1.09. The molecule has 2 N–H and O–H groups in total. The van der Waals surface area contributed by atoms with Crippen molar-refractivity contribution in [3.8, 4) is 0 Å². The van der Waals surface area contributed by atoms with E-state index >= 15 is 0 Å². The molecule has 11 heavy (non-hydrogen) atoms. The number of hydrogen-bond acceptors (Lipinski definition) is 2. The lowest BCUT2D eigenvalue weighted by Gasteiger charge is -1.94. The number of hydrogen-bond donors (Lipinski definition) is 2. The average Bonchev–Trinajstić information content (AvgIpc) is 2.35. The zero-order chi connectivity index (χ0) is 8.27. The number of carbonyl (C=O) groups excluding carboxylic acids is 1. The van der Waals surface area contributed by atoms with Gasteiger partial charge in [-0.25, -0.2) is 0 Å². The lowest BCUT2D eigenvalue weighted by molar-refractivity contribution is -0.113. The molecule has 0 aliphatic carbocycles. The monoisotopic (exact) mass is 173 g/mol. The van der Waals surface area contributed by atoms with Crippen molar-refractivity contribution in [1.29, 1.82) is 0 Å². The third kappa shape index (κ3) is 2.23. The summed E-state index contributed by atoms with van der Waals surface area (Å²) in [5.74, 6) is 0.206. The second kappa shape index (κ2) is 3.39. The van der Waals surface area contributed by atoms with Crippen molar-refractivity contribution >= 4 is 23.3 Å². The summed E-state index contributed by atoms with van der Waals surface area (Å²) in [7, 11) is 0. The summed E-state index contributed by atoms with van der Waals surface area (Å²) in [6.45, 7) is 1.85. The molecule has 1 aromatic rings. The van der Waals surface area contributed by atoms with Crippen LogP contribution in [0, 0.1) is 6.92 Å². The Balaban J connectivity index is 2.57. The van der Waals surface area contributed by atoms with Gasteiger partial charge in [-0.05, 0) is 6.92 Å². The number of alkyl halides is 1. The van der Waals surface area contributed by atoms with Crippen LogP contribution in [0.5, 0.6) is 0 Å². The standard InChI is InChI=1S/C6H8ClN3O/c1-4-2-5(10-9-4)8-6(11)3-7/h2H,3H2,1H3,(H2,8,9,10,11). The highest BCUT2D eigenvalue weighted by molar-refractivity contribution is 6.28. The summed E-state index contributed by atoms with van der Waals surface area (Å²) >= 11 is 5.26. The summed E-state index contributed by atoms with van der Waals surface area (Å²) in [5.41, 5.74) is 0.898. The van der Waals surface area contributed by atoms with E-state index in [0.29, 0.717) is 5.82 Å². The molecule has 0 saturated carbocycles. The molecular formula is C6H8ClN3O. The van der Waals surface area contributed by atoms with Crippen LogP contribution in [0.3, 0.4) is 0 Å². The first-order valence-corrected chi connectivity index (χ1v) is 3.63. The van der Waals surface area contributed by atoms with E-state index in [1.54, 1.807) is 6.07 Å². The number of aromatic amines is 1. The van der Waals surface area contributed by atoms with E-state index in [4.69, 9.17) is 11.6 Å². The van der Waals surface area contributed by atoms with Gasteiger partial charge in [0, 0.05) is 11.8 Å². The van der Waals surface area contributed by atoms with Gasteiger partial charge in [0.05, 0.1) is 0 Å². The third-order valence-corrected chi connectivity index (χ3v) is 1.34. The first-order chi connectivity index (χ1) is 5.22. The van der Waals surface area contributed by atoms with E-state index in [1.165, 1.54) is 0 Å². The highest BCUT2D eigenvalue weighted by Crippen LogP contribution is 2.02. The van der Waals surface area contributed by atoms with Gasteiger partial charge in [-0.3, -0.25) is 9.89 Å². The van der Waals surface area contributed by atoms with Gasteiger partial charge in [0.15, 0.2) is 5.82 Å². The number of aromatic nitrogens is 2. The predicted molar refractivity (Wildman–Crippen MR) is 42.7 cm³/mol. The first kappa shape index (κ1) is 8.07. The van der Waals surface area contributed by atoms with E-state index in [1.807, 2.05) is 6.92 Å². The molecule has 1 heterocycles. The van der Waals surface area contributed by atoms with Crippen LogP contribution >= 0.6 is 11.6 Å². The van der Waals surface area contributed by atoms with Gasteiger partial charge < -0.3 is 5.32 Å². The van der Waals surface area contributed by atoms with Crippen molar-refractivity contribution in [1.82, 2.24) is 10.2 Å². The zero-order valence-corrected chi connectivity index (χ0v) is 6.77. The van der Waals surface area contributed by atoms with Crippen LogP contribution in [0.25, 0.3) is 0 Å². The fourth-order valence-electron chi connectivity index (χ4n) is 0.658. The smallest absolute Gasteiger partial charge is 0.240 e. The van der Waals surface area contributed by atoms with Gasteiger partial charge >= 0.3 is 0 Å². The normalized spacial score (nSPS) is 9.64. The number of H-pyrrole nitrogens is 1. The minimum atomic E-state index is -0.252. The van der Waals surface area contributed by atoms with Crippen LogP contribution in [-0.2, 0) is 4.79 Å². The Morgan fingerprint density at radius 3 is 3.09 bits per heavy atom. The maximum atomic E-state index is 10.7. The lowest BCUT2D eigenvalue weighted by Crippen LogP contribution is -2.12. The first-order valence-electron chi connectivity index (χ1n) is 3.10. The van der Waals surface area contributed by atoms with Crippen LogP contribution in [0.15, 0.2) is 6.07 Å². The predicted octanol–water partition coefficient (Wildman–Crippen LogP) is 0.895. The van der Waals surface area contributed by atoms with Crippen molar-refractivity contribution < 1.29 is 4.79 Å². The van der Waals surface area contributed by atoms with E-state index in [0.717, 1.165) is 5.69 Å². The molecule has 1 rings (SSSR count). The number of aryl methyl sites for hydroxylation is 1. The van der Waals surface area contributed by atoms with Crippen LogP contribution in [0.2, 0.25) is 0 Å². The van der Waals surface area contributed by atoms with E-state index in [-0.39, 0.29) is 11.8 Å². The Labute approximate surface area is 68.9 Å². The van der Waals surface area contributed by atoms with Gasteiger partial charge in [-0.2, -0.15) is 5.10 Å². The largest absolute Gasteiger partial charge is 0.308 e. The number of amides is 1. The number of rotatable bonds is 2. The van der Waals surface area contributed by atoms with Crippen molar-refractivity contribution in [2.24, 2.45) is 0 Å². The molecule has 0 aliphatic heterocycles. The van der Waals surface area contributed by atoms with Gasteiger partial charge in [0.2, 0.25) is 5.91 Å². The Kier molecular flexibility index (Phi) is 2.48. The number of nitrogens with zero attached hydrogens (tertiary/aromatic N) is 1. The van der Waals surface area contributed by atoms with Crippen LogP contribution < -0.4 is 5.32 Å². The molecule has 0 fully saturated rings. The summed E-state index contributed by atoms with van der Waals surface area (Å²) in [6.07, 6.45) is 0. The second-order valence-corrected chi connectivity index (χ2v) is 2.39. The highest BCUT2D eigenvalue weighted by atomic mass is 35.5. The second-order valence-electron chi connectivity index (χ2n) is 2.12. The molecular weight excluding hydrogens is 166 g/mol. The molecule has 5 heteroatoms. The fraction of sp³-hybridized carbons (Fsp3) is 0.333. The Bertz CT molecular complexity index is 258. The molecule has 0 aliphatic rings. The molecule has 0 radical (unpaired) electrons. The number of nitrogens with one attached hydrogen (secondary N) is 2. The van der Waals surface area contributed by atoms with Crippen LogP contribution in [0.4, 0.5) is 5.82 Å². The molecule has 1 amide bonds. The topological polar surface area (TPSA) is 57.8 Å². The minimum Gasteiger partial charge on any atom is -0.308 e. The molecule has 60 valence electrons. The summed E-state index contributed by atoms with van der Waals surface area (Å²) < 4.78 is 0. The lowest BCUT2D eigenvalue weighted by atomic mass is 10.5. The van der Waals surface area contributed by atoms with Crippen molar-refractivity contribution in [2.45, 2.75) is 6.92 Å². The van der Waals surface area contributed by atoms with Crippen molar-refractivity contribution in [2.75, 3.05) is 11.2 Å². The Morgan fingerprint density at radius 2 is 2.64 bits per heavy atom. The van der Waals surface area contributed by atoms with Gasteiger partial charge in [0.1, 0.15) is 5.88 Å². The van der Waals surface area contributed by atoms with E-state index in [2.05, 4.69) is 15.5 Å². The SMILES string of the molecule is Cc1cc(NC(=O)CCl)n[nH]1. The molecule has 1 aromatic heterocycles. The summed E-state index contributed by atoms with van der Waals surface area (Å²) in [5, 5.41) is 8.98. The molecule has 0 atom stereocenters. The van der Waals surface area contributed by atoms with Crippen LogP contribution in [-0.4, -0.2) is 22.0 Å². The number of carbonyl (C=O) groups is 1. The van der Waals surface area contributed by atoms with E-state index in [9.17, 15) is 4.79 Å². The van der Waals surface area contributed by atoms with Crippen molar-refractivity contribution in [3.05, 3.63) is 11.8 Å². The number of anilines is 1. The maximum absolute atomic E-state index is 10.7. The molecule has 0 saturated heterocycles. The molecule has 0 spiro atoms. The Hall–Kier alpha value is -1.03. The quantitative estimate of drug-likeness (QED) is 0.653. The van der Waals surface area contributed by atoms with E-state index < -0.39 is 0 Å². The molecule has 0 aromatic carbocycles. The van der Waals surface area contributed by atoms with Crippen LogP contribution in [0.1, 0.15) is 5.69 Å². The molecule has 0 bridgehead atoms. The summed E-state index contributed by atoms with van der Waals surface area (Å²) in [6, 6.07) is 1.73. The fourth-order valence-corrected chi connectivity index (χ4v) is 0.725.